The van der Waals surface area contributed by atoms with Gasteiger partial charge in [0.2, 0.25) is 10.0 Å². The summed E-state index contributed by atoms with van der Waals surface area (Å²) in [7, 11) is -3.91. The molecule has 0 aliphatic heterocycles. The average Bonchev–Trinajstić information content (AvgIpc) is 2.78. The van der Waals surface area contributed by atoms with Crippen molar-refractivity contribution in [1.29, 1.82) is 0 Å². The molecule has 0 fully saturated rings. The zero-order valence-electron chi connectivity index (χ0n) is 11.0. The fraction of sp³-hybridized carbons (Fsp3) is 0.0667. The van der Waals surface area contributed by atoms with Crippen molar-refractivity contribution in [1.82, 2.24) is 4.57 Å². The van der Waals surface area contributed by atoms with Gasteiger partial charge >= 0.3 is 0 Å². The first-order valence-corrected chi connectivity index (χ1v) is 7.85. The normalized spacial score (nSPS) is 11.9. The number of benzene rings is 2. The van der Waals surface area contributed by atoms with E-state index in [1.165, 1.54) is 18.3 Å². The van der Waals surface area contributed by atoms with Gasteiger partial charge in [0, 0.05) is 23.6 Å². The van der Waals surface area contributed by atoms with E-state index in [9.17, 15) is 12.8 Å². The Morgan fingerprint density at radius 1 is 1.10 bits per heavy atom. The lowest BCUT2D eigenvalue weighted by molar-refractivity contribution is 0.598. The summed E-state index contributed by atoms with van der Waals surface area (Å²) in [5.74, 6) is -0.495. The minimum Gasteiger partial charge on any atom is -0.342 e. The second-order valence-corrected chi connectivity index (χ2v) is 6.34. The molecule has 0 radical (unpaired) electrons. The smallest absolute Gasteiger partial charge is 0.240 e. The second-order valence-electron chi connectivity index (χ2n) is 4.81. The largest absolute Gasteiger partial charge is 0.342 e. The van der Waals surface area contributed by atoms with Crippen LogP contribution in [-0.4, -0.2) is 13.0 Å². The summed E-state index contributed by atoms with van der Waals surface area (Å²) in [6.45, 7) is 0.485. The van der Waals surface area contributed by atoms with Crippen LogP contribution in [0.25, 0.3) is 10.9 Å². The first-order valence-electron chi connectivity index (χ1n) is 6.30. The van der Waals surface area contributed by atoms with Gasteiger partial charge in [0.15, 0.2) is 0 Å². The number of nitrogens with two attached hydrogens (primary N) is 1. The molecule has 3 aromatic rings. The number of aromatic nitrogens is 1. The third kappa shape index (κ3) is 2.68. The van der Waals surface area contributed by atoms with Gasteiger partial charge in [-0.25, -0.2) is 17.9 Å². The number of rotatable bonds is 3. The van der Waals surface area contributed by atoms with E-state index in [4.69, 9.17) is 5.14 Å². The number of nitrogens with zero attached hydrogens (tertiary/aromatic N) is 1. The maximum Gasteiger partial charge on any atom is 0.240 e. The number of hydrogen-bond acceptors (Lipinski definition) is 2. The number of primary sulfonamides is 1. The highest BCUT2D eigenvalue weighted by Gasteiger charge is 2.18. The SMILES string of the molecule is NS(=O)(=O)c1cn(Cc2ccccc2)c2ccc(F)cc12. The van der Waals surface area contributed by atoms with Crippen LogP contribution in [-0.2, 0) is 16.6 Å². The lowest BCUT2D eigenvalue weighted by atomic mass is 10.2. The van der Waals surface area contributed by atoms with E-state index in [1.54, 1.807) is 10.6 Å². The van der Waals surface area contributed by atoms with Gasteiger partial charge in [-0.15, -0.1) is 0 Å². The lowest BCUT2D eigenvalue weighted by Crippen LogP contribution is -2.11. The van der Waals surface area contributed by atoms with Crippen molar-refractivity contribution < 1.29 is 12.8 Å². The monoisotopic (exact) mass is 304 g/mol. The summed E-state index contributed by atoms with van der Waals surface area (Å²) in [5.41, 5.74) is 1.64. The molecule has 0 unspecified atom stereocenters. The predicted octanol–water partition coefficient (Wildman–Crippen LogP) is 2.48. The van der Waals surface area contributed by atoms with E-state index in [0.717, 1.165) is 5.56 Å². The maximum atomic E-state index is 13.4. The fourth-order valence-corrected chi connectivity index (χ4v) is 3.12. The number of hydrogen-bond donors (Lipinski definition) is 1. The summed E-state index contributed by atoms with van der Waals surface area (Å²) in [5, 5.41) is 5.52. The Balaban J connectivity index is 2.20. The molecule has 1 heterocycles. The van der Waals surface area contributed by atoms with Crippen molar-refractivity contribution in [3.63, 3.8) is 0 Å². The van der Waals surface area contributed by atoms with Crippen LogP contribution in [0.2, 0.25) is 0 Å². The summed E-state index contributed by atoms with van der Waals surface area (Å²) in [4.78, 5) is -0.0621. The summed E-state index contributed by atoms with van der Waals surface area (Å²) in [6, 6.07) is 13.6. The van der Waals surface area contributed by atoms with Crippen LogP contribution < -0.4 is 5.14 Å². The Kier molecular flexibility index (Phi) is 3.27. The van der Waals surface area contributed by atoms with E-state index in [0.29, 0.717) is 17.4 Å². The molecular weight excluding hydrogens is 291 g/mol. The molecule has 0 aliphatic rings. The van der Waals surface area contributed by atoms with E-state index in [2.05, 4.69) is 0 Å². The molecule has 0 saturated heterocycles. The van der Waals surface area contributed by atoms with Crippen LogP contribution >= 0.6 is 0 Å². The first kappa shape index (κ1) is 13.8. The summed E-state index contributed by atoms with van der Waals surface area (Å²) in [6.07, 6.45) is 1.45. The Morgan fingerprint density at radius 2 is 1.81 bits per heavy atom. The minimum atomic E-state index is -3.91. The molecule has 2 N–H and O–H groups in total. The van der Waals surface area contributed by atoms with E-state index < -0.39 is 15.8 Å². The van der Waals surface area contributed by atoms with Gasteiger partial charge in [-0.1, -0.05) is 30.3 Å². The molecule has 0 aliphatic carbocycles. The van der Waals surface area contributed by atoms with Gasteiger partial charge in [0.25, 0.3) is 0 Å². The Hall–Kier alpha value is -2.18. The molecule has 0 amide bonds. The number of fused-ring (bicyclic) bond motifs is 1. The molecule has 3 rings (SSSR count). The van der Waals surface area contributed by atoms with Crippen molar-refractivity contribution >= 4 is 20.9 Å². The van der Waals surface area contributed by atoms with E-state index in [-0.39, 0.29) is 4.90 Å². The number of sulfonamides is 1. The summed E-state index contributed by atoms with van der Waals surface area (Å²) >= 11 is 0. The highest BCUT2D eigenvalue weighted by Crippen LogP contribution is 2.26. The van der Waals surface area contributed by atoms with E-state index in [1.807, 2.05) is 30.3 Å². The van der Waals surface area contributed by atoms with Crippen molar-refractivity contribution in [2.24, 2.45) is 5.14 Å². The standard InChI is InChI=1S/C15H13FN2O2S/c16-12-6-7-14-13(8-12)15(21(17,19)20)10-18(14)9-11-4-2-1-3-5-11/h1-8,10H,9H2,(H2,17,19,20). The zero-order chi connectivity index (χ0) is 15.0. The molecule has 6 heteroatoms. The van der Waals surface area contributed by atoms with Crippen LogP contribution in [0.1, 0.15) is 5.56 Å². The van der Waals surface area contributed by atoms with Crippen LogP contribution in [0.15, 0.2) is 59.6 Å². The minimum absolute atomic E-state index is 0.0621. The molecule has 0 spiro atoms. The molecular formula is C15H13FN2O2S. The summed E-state index contributed by atoms with van der Waals surface area (Å²) < 4.78 is 38.5. The van der Waals surface area contributed by atoms with Gasteiger partial charge in [0.05, 0.1) is 0 Å². The van der Waals surface area contributed by atoms with Crippen LogP contribution in [0.5, 0.6) is 0 Å². The zero-order valence-corrected chi connectivity index (χ0v) is 11.8. The molecule has 108 valence electrons. The van der Waals surface area contributed by atoms with Crippen molar-refractivity contribution in [3.05, 3.63) is 66.1 Å². The molecule has 2 aromatic carbocycles. The van der Waals surface area contributed by atoms with Crippen molar-refractivity contribution in [3.8, 4) is 0 Å². The highest BCUT2D eigenvalue weighted by molar-refractivity contribution is 7.89. The maximum absolute atomic E-state index is 13.4. The van der Waals surface area contributed by atoms with Gasteiger partial charge in [-0.3, -0.25) is 0 Å². The molecule has 0 bridgehead atoms. The van der Waals surface area contributed by atoms with E-state index >= 15 is 0 Å². The first-order chi connectivity index (χ1) is 9.95. The average molecular weight is 304 g/mol. The van der Waals surface area contributed by atoms with Gasteiger partial charge < -0.3 is 4.57 Å². The Bertz CT molecular complexity index is 902. The van der Waals surface area contributed by atoms with Crippen LogP contribution in [0, 0.1) is 5.82 Å². The van der Waals surface area contributed by atoms with Crippen LogP contribution in [0.3, 0.4) is 0 Å². The molecule has 21 heavy (non-hydrogen) atoms. The van der Waals surface area contributed by atoms with Gasteiger partial charge in [-0.05, 0) is 23.8 Å². The molecule has 0 saturated carbocycles. The fourth-order valence-electron chi connectivity index (χ4n) is 2.37. The second kappa shape index (κ2) is 4.98. The molecule has 0 atom stereocenters. The molecule has 1 aromatic heterocycles. The van der Waals surface area contributed by atoms with Crippen molar-refractivity contribution in [2.45, 2.75) is 11.4 Å². The lowest BCUT2D eigenvalue weighted by Gasteiger charge is -2.05. The van der Waals surface area contributed by atoms with Gasteiger partial charge in [-0.2, -0.15) is 0 Å². The Labute approximate surface area is 121 Å². The Morgan fingerprint density at radius 3 is 2.48 bits per heavy atom. The number of halogens is 1. The third-order valence-electron chi connectivity index (χ3n) is 3.31. The quantitative estimate of drug-likeness (QED) is 0.808. The molecule has 4 nitrogen and oxygen atoms in total. The highest BCUT2D eigenvalue weighted by atomic mass is 32.2. The predicted molar refractivity (Wildman–Crippen MR) is 78.8 cm³/mol. The third-order valence-corrected chi connectivity index (χ3v) is 4.25. The van der Waals surface area contributed by atoms with Crippen LogP contribution in [0.4, 0.5) is 4.39 Å². The topological polar surface area (TPSA) is 65.1 Å². The van der Waals surface area contributed by atoms with Crippen molar-refractivity contribution in [2.75, 3.05) is 0 Å². The van der Waals surface area contributed by atoms with Gasteiger partial charge in [0.1, 0.15) is 10.7 Å².